The van der Waals surface area contributed by atoms with E-state index in [1.807, 2.05) is 30.3 Å². The van der Waals surface area contributed by atoms with Gasteiger partial charge in [0.25, 0.3) is 0 Å². The van der Waals surface area contributed by atoms with Crippen molar-refractivity contribution in [3.8, 4) is 0 Å². The molecule has 2 heterocycles. The van der Waals surface area contributed by atoms with E-state index in [0.717, 1.165) is 24.8 Å². The highest BCUT2D eigenvalue weighted by atomic mass is 16.5. The van der Waals surface area contributed by atoms with E-state index >= 15 is 0 Å². The number of amides is 3. The molecule has 5 rings (SSSR count). The van der Waals surface area contributed by atoms with Crippen LogP contribution < -0.4 is 0 Å². The van der Waals surface area contributed by atoms with E-state index in [4.69, 9.17) is 4.74 Å². The predicted octanol–water partition coefficient (Wildman–Crippen LogP) is 1.49. The minimum Gasteiger partial charge on any atom is -0.378 e. The lowest BCUT2D eigenvalue weighted by molar-refractivity contribution is -0.154. The first-order valence-electron chi connectivity index (χ1n) is 10.4. The average Bonchev–Trinajstić information content (AvgIpc) is 3.41. The number of imide groups is 1. The summed E-state index contributed by atoms with van der Waals surface area (Å²) in [4.78, 5) is 43.1. The van der Waals surface area contributed by atoms with E-state index in [2.05, 4.69) is 0 Å². The van der Waals surface area contributed by atoms with Crippen molar-refractivity contribution in [2.24, 2.45) is 23.7 Å². The molecule has 2 saturated carbocycles. The molecule has 2 saturated heterocycles. The first-order chi connectivity index (χ1) is 13.6. The summed E-state index contributed by atoms with van der Waals surface area (Å²) < 4.78 is 5.37. The van der Waals surface area contributed by atoms with Crippen LogP contribution in [0, 0.1) is 23.7 Å². The summed E-state index contributed by atoms with van der Waals surface area (Å²) in [6, 6.07) is 8.94. The van der Waals surface area contributed by atoms with E-state index in [1.165, 1.54) is 4.90 Å². The molecule has 2 bridgehead atoms. The van der Waals surface area contributed by atoms with Gasteiger partial charge in [-0.05, 0) is 36.7 Å². The van der Waals surface area contributed by atoms with Crippen molar-refractivity contribution in [2.45, 2.75) is 31.7 Å². The number of fused-ring (bicyclic) bond motifs is 5. The molecule has 2 aliphatic heterocycles. The van der Waals surface area contributed by atoms with Gasteiger partial charge >= 0.3 is 0 Å². The molecule has 4 fully saturated rings. The molecule has 6 nitrogen and oxygen atoms in total. The van der Waals surface area contributed by atoms with Crippen molar-refractivity contribution in [1.29, 1.82) is 0 Å². The number of carbonyl (C=O) groups excluding carboxylic acids is 3. The summed E-state index contributed by atoms with van der Waals surface area (Å²) in [6.07, 6.45) is 3.46. The first kappa shape index (κ1) is 17.9. The van der Waals surface area contributed by atoms with E-state index in [1.54, 1.807) is 4.90 Å². The van der Waals surface area contributed by atoms with Gasteiger partial charge in [0.2, 0.25) is 17.7 Å². The fourth-order valence-electron chi connectivity index (χ4n) is 5.86. The third-order valence-corrected chi connectivity index (χ3v) is 7.15. The second-order valence-corrected chi connectivity index (χ2v) is 8.57. The molecule has 0 spiro atoms. The topological polar surface area (TPSA) is 66.9 Å². The molecule has 2 aliphatic carbocycles. The fraction of sp³-hybridized carbons (Fsp3) is 0.591. The third kappa shape index (κ3) is 2.77. The number of likely N-dealkylation sites (tertiary alicyclic amines) is 1. The quantitative estimate of drug-likeness (QED) is 0.740. The van der Waals surface area contributed by atoms with Crippen molar-refractivity contribution in [3.05, 3.63) is 35.9 Å². The van der Waals surface area contributed by atoms with Gasteiger partial charge in [-0.25, -0.2) is 0 Å². The fourth-order valence-corrected chi connectivity index (χ4v) is 5.86. The number of benzene rings is 1. The van der Waals surface area contributed by atoms with Crippen molar-refractivity contribution >= 4 is 17.7 Å². The Hall–Kier alpha value is -2.21. The van der Waals surface area contributed by atoms with Crippen LogP contribution in [0.4, 0.5) is 0 Å². The standard InChI is InChI=1S/C22H26N2O4/c25-20(23-8-10-28-11-9-23)17(12-14-4-2-1-3-5-14)24-21(26)18-15-6-7-16(13-15)19(18)22(24)27/h1-5,15-19H,6-13H2/t15-,16-,17+,18-,19+/m0/s1. The van der Waals surface area contributed by atoms with Gasteiger partial charge in [0.1, 0.15) is 6.04 Å². The number of nitrogens with zero attached hydrogens (tertiary/aromatic N) is 2. The van der Waals surface area contributed by atoms with Gasteiger partial charge in [0.05, 0.1) is 25.0 Å². The molecule has 3 amide bonds. The molecule has 1 aromatic carbocycles. The molecule has 0 radical (unpaired) electrons. The van der Waals surface area contributed by atoms with E-state index < -0.39 is 6.04 Å². The summed E-state index contributed by atoms with van der Waals surface area (Å²) >= 11 is 0. The van der Waals surface area contributed by atoms with Crippen molar-refractivity contribution in [3.63, 3.8) is 0 Å². The molecule has 1 aromatic rings. The van der Waals surface area contributed by atoms with Crippen LogP contribution in [-0.2, 0) is 25.5 Å². The summed E-state index contributed by atoms with van der Waals surface area (Å²) in [6.45, 7) is 2.03. The smallest absolute Gasteiger partial charge is 0.246 e. The van der Waals surface area contributed by atoms with Crippen molar-refractivity contribution in [2.75, 3.05) is 26.3 Å². The number of hydrogen-bond acceptors (Lipinski definition) is 4. The van der Waals surface area contributed by atoms with Crippen LogP contribution in [0.25, 0.3) is 0 Å². The normalized spacial score (nSPS) is 32.7. The van der Waals surface area contributed by atoms with Crippen LogP contribution in [0.3, 0.4) is 0 Å². The molecule has 4 aliphatic rings. The lowest BCUT2D eigenvalue weighted by Crippen LogP contribution is -2.55. The van der Waals surface area contributed by atoms with Crippen LogP contribution in [0.2, 0.25) is 0 Å². The lowest BCUT2D eigenvalue weighted by atomic mass is 9.81. The zero-order valence-electron chi connectivity index (χ0n) is 16.0. The van der Waals surface area contributed by atoms with E-state index in [0.29, 0.717) is 44.6 Å². The maximum atomic E-state index is 13.4. The Labute approximate surface area is 164 Å². The Bertz CT molecular complexity index is 761. The van der Waals surface area contributed by atoms with Gasteiger partial charge in [0.15, 0.2) is 0 Å². The Kier molecular flexibility index (Phi) is 4.46. The largest absolute Gasteiger partial charge is 0.378 e. The summed E-state index contributed by atoms with van der Waals surface area (Å²) in [5, 5.41) is 0. The minimum atomic E-state index is -0.745. The van der Waals surface area contributed by atoms with Crippen LogP contribution in [0.15, 0.2) is 30.3 Å². The van der Waals surface area contributed by atoms with Crippen LogP contribution >= 0.6 is 0 Å². The minimum absolute atomic E-state index is 0.107. The Morgan fingerprint density at radius 2 is 1.61 bits per heavy atom. The van der Waals surface area contributed by atoms with Gasteiger partial charge < -0.3 is 9.64 Å². The third-order valence-electron chi connectivity index (χ3n) is 7.15. The molecular formula is C22H26N2O4. The van der Waals surface area contributed by atoms with E-state index in [-0.39, 0.29) is 29.6 Å². The van der Waals surface area contributed by atoms with Crippen molar-refractivity contribution in [1.82, 2.24) is 9.80 Å². The molecule has 6 heteroatoms. The first-order valence-corrected chi connectivity index (χ1v) is 10.4. The summed E-state index contributed by atoms with van der Waals surface area (Å²) in [5.74, 6) is -0.0701. The Morgan fingerprint density at radius 3 is 2.21 bits per heavy atom. The second kappa shape index (κ2) is 6.99. The highest BCUT2D eigenvalue weighted by molar-refractivity contribution is 6.09. The Morgan fingerprint density at radius 1 is 1.00 bits per heavy atom. The average molecular weight is 382 g/mol. The number of morpholine rings is 1. The zero-order chi connectivity index (χ0) is 19.3. The highest BCUT2D eigenvalue weighted by Gasteiger charge is 2.62. The van der Waals surface area contributed by atoms with Gasteiger partial charge in [-0.15, -0.1) is 0 Å². The predicted molar refractivity (Wildman–Crippen MR) is 101 cm³/mol. The lowest BCUT2D eigenvalue weighted by Gasteiger charge is -2.34. The SMILES string of the molecule is O=C([C@@H](Cc1ccccc1)N1C(=O)[C@@H]2[C@H]3CC[C@@H](C3)[C@@H]2C1=O)N1CCOCC1. The molecule has 148 valence electrons. The molecule has 0 N–H and O–H groups in total. The summed E-state index contributed by atoms with van der Waals surface area (Å²) in [5.41, 5.74) is 0.967. The second-order valence-electron chi connectivity index (χ2n) is 8.57. The number of rotatable bonds is 4. The van der Waals surface area contributed by atoms with Gasteiger partial charge in [0, 0.05) is 19.5 Å². The van der Waals surface area contributed by atoms with Crippen LogP contribution in [-0.4, -0.2) is 59.9 Å². The molecule has 28 heavy (non-hydrogen) atoms. The molecule has 0 aromatic heterocycles. The maximum absolute atomic E-state index is 13.4. The summed E-state index contributed by atoms with van der Waals surface area (Å²) in [7, 11) is 0. The van der Waals surface area contributed by atoms with Crippen LogP contribution in [0.5, 0.6) is 0 Å². The van der Waals surface area contributed by atoms with Gasteiger partial charge in [-0.3, -0.25) is 19.3 Å². The maximum Gasteiger partial charge on any atom is 0.246 e. The monoisotopic (exact) mass is 382 g/mol. The number of carbonyl (C=O) groups is 3. The van der Waals surface area contributed by atoms with Gasteiger partial charge in [-0.1, -0.05) is 30.3 Å². The molecule has 0 unspecified atom stereocenters. The van der Waals surface area contributed by atoms with Crippen molar-refractivity contribution < 1.29 is 19.1 Å². The van der Waals surface area contributed by atoms with Gasteiger partial charge in [-0.2, -0.15) is 0 Å². The van der Waals surface area contributed by atoms with E-state index in [9.17, 15) is 14.4 Å². The molecular weight excluding hydrogens is 356 g/mol. The Balaban J connectivity index is 1.46. The van der Waals surface area contributed by atoms with Crippen LogP contribution in [0.1, 0.15) is 24.8 Å². The number of ether oxygens (including phenoxy) is 1. The number of hydrogen-bond donors (Lipinski definition) is 0. The molecule has 5 atom stereocenters. The highest BCUT2D eigenvalue weighted by Crippen LogP contribution is 2.56. The zero-order valence-corrected chi connectivity index (χ0v) is 16.0.